The third kappa shape index (κ3) is 6.59. The number of aryl methyl sites for hydroxylation is 2. The zero-order valence-electron chi connectivity index (χ0n) is 19.5. The van der Waals surface area contributed by atoms with E-state index in [4.69, 9.17) is 18.9 Å². The van der Waals surface area contributed by atoms with Crippen LogP contribution in [-0.2, 0) is 4.79 Å². The standard InChI is InChI=1S/C26H26N2O6/c1-17-5-11-22(18(2)13-17)33-16-25(29)28-27-15-19-6-12-23(24(14-19)32-4)34-26(30)20-7-9-21(31-3)10-8-20/h5-15H,16H2,1-4H3,(H,28,29)/b27-15-. The van der Waals surface area contributed by atoms with Crippen LogP contribution in [0.2, 0.25) is 0 Å². The van der Waals surface area contributed by atoms with Crippen molar-refractivity contribution in [2.45, 2.75) is 13.8 Å². The Kier molecular flexibility index (Phi) is 8.23. The molecular formula is C26H26N2O6. The fourth-order valence-corrected chi connectivity index (χ4v) is 3.05. The van der Waals surface area contributed by atoms with Crippen LogP contribution in [0.15, 0.2) is 65.8 Å². The number of ether oxygens (including phenoxy) is 4. The highest BCUT2D eigenvalue weighted by Gasteiger charge is 2.13. The van der Waals surface area contributed by atoms with Gasteiger partial charge in [-0.1, -0.05) is 17.7 Å². The maximum atomic E-state index is 12.4. The molecule has 3 rings (SSSR count). The lowest BCUT2D eigenvalue weighted by Crippen LogP contribution is -2.24. The fourth-order valence-electron chi connectivity index (χ4n) is 3.05. The van der Waals surface area contributed by atoms with Crippen LogP contribution in [0.25, 0.3) is 0 Å². The molecular weight excluding hydrogens is 436 g/mol. The molecule has 8 heteroatoms. The van der Waals surface area contributed by atoms with E-state index < -0.39 is 11.9 Å². The van der Waals surface area contributed by atoms with Crippen molar-refractivity contribution in [2.24, 2.45) is 5.10 Å². The molecule has 0 fully saturated rings. The summed E-state index contributed by atoms with van der Waals surface area (Å²) in [6, 6.07) is 17.2. The van der Waals surface area contributed by atoms with Gasteiger partial charge in [0, 0.05) is 0 Å². The molecule has 0 aromatic heterocycles. The first-order valence-electron chi connectivity index (χ1n) is 10.5. The van der Waals surface area contributed by atoms with Crippen molar-refractivity contribution >= 4 is 18.1 Å². The molecule has 0 heterocycles. The number of hydrogen-bond donors (Lipinski definition) is 1. The van der Waals surface area contributed by atoms with Gasteiger partial charge in [-0.3, -0.25) is 4.79 Å². The minimum absolute atomic E-state index is 0.162. The number of nitrogens with one attached hydrogen (secondary N) is 1. The first-order chi connectivity index (χ1) is 16.4. The first-order valence-corrected chi connectivity index (χ1v) is 10.5. The predicted molar refractivity (Wildman–Crippen MR) is 128 cm³/mol. The molecule has 0 spiro atoms. The molecule has 0 aliphatic carbocycles. The van der Waals surface area contributed by atoms with Crippen molar-refractivity contribution in [3.05, 3.63) is 82.9 Å². The van der Waals surface area contributed by atoms with Crippen LogP contribution in [0.3, 0.4) is 0 Å². The van der Waals surface area contributed by atoms with Crippen molar-refractivity contribution in [1.29, 1.82) is 0 Å². The lowest BCUT2D eigenvalue weighted by molar-refractivity contribution is -0.123. The van der Waals surface area contributed by atoms with Gasteiger partial charge in [0.25, 0.3) is 5.91 Å². The fraction of sp³-hybridized carbons (Fsp3) is 0.192. The van der Waals surface area contributed by atoms with Gasteiger partial charge in [0.1, 0.15) is 11.5 Å². The maximum Gasteiger partial charge on any atom is 0.343 e. The summed E-state index contributed by atoms with van der Waals surface area (Å²) < 4.78 is 21.4. The largest absolute Gasteiger partial charge is 0.497 e. The Morgan fingerprint density at radius 2 is 1.62 bits per heavy atom. The average Bonchev–Trinajstić information content (AvgIpc) is 2.84. The van der Waals surface area contributed by atoms with E-state index in [1.165, 1.54) is 13.3 Å². The number of amides is 1. The number of carbonyl (C=O) groups excluding carboxylic acids is 2. The van der Waals surface area contributed by atoms with Gasteiger partial charge in [0.15, 0.2) is 18.1 Å². The number of rotatable bonds is 9. The second kappa shape index (κ2) is 11.5. The molecule has 0 aliphatic rings. The molecule has 0 radical (unpaired) electrons. The predicted octanol–water partition coefficient (Wildman–Crippen LogP) is 4.07. The highest BCUT2D eigenvalue weighted by atomic mass is 16.6. The van der Waals surface area contributed by atoms with Gasteiger partial charge >= 0.3 is 5.97 Å². The Morgan fingerprint density at radius 3 is 2.29 bits per heavy atom. The highest BCUT2D eigenvalue weighted by Crippen LogP contribution is 2.28. The van der Waals surface area contributed by atoms with Crippen molar-refractivity contribution in [1.82, 2.24) is 5.43 Å². The van der Waals surface area contributed by atoms with E-state index in [9.17, 15) is 9.59 Å². The second-order valence-electron chi connectivity index (χ2n) is 7.38. The molecule has 0 aliphatic heterocycles. The van der Waals surface area contributed by atoms with E-state index in [1.807, 2.05) is 32.0 Å². The Labute approximate surface area is 198 Å². The van der Waals surface area contributed by atoms with E-state index in [1.54, 1.807) is 49.6 Å². The van der Waals surface area contributed by atoms with E-state index in [-0.39, 0.29) is 12.4 Å². The van der Waals surface area contributed by atoms with Crippen LogP contribution in [0, 0.1) is 13.8 Å². The molecule has 3 aromatic rings. The molecule has 3 aromatic carbocycles. The summed E-state index contributed by atoms with van der Waals surface area (Å²) in [5.41, 5.74) is 5.50. The Bertz CT molecular complexity index is 1190. The Hall–Kier alpha value is -4.33. The molecule has 1 amide bonds. The van der Waals surface area contributed by atoms with Crippen molar-refractivity contribution < 1.29 is 28.5 Å². The molecule has 34 heavy (non-hydrogen) atoms. The second-order valence-corrected chi connectivity index (χ2v) is 7.38. The number of hydrazone groups is 1. The van der Waals surface area contributed by atoms with E-state index in [0.717, 1.165) is 11.1 Å². The summed E-state index contributed by atoms with van der Waals surface area (Å²) in [6.45, 7) is 3.75. The van der Waals surface area contributed by atoms with Crippen LogP contribution in [0.1, 0.15) is 27.0 Å². The van der Waals surface area contributed by atoms with Gasteiger partial charge in [0.05, 0.1) is 26.0 Å². The first kappa shape index (κ1) is 24.3. The van der Waals surface area contributed by atoms with Crippen LogP contribution < -0.4 is 24.4 Å². The zero-order chi connectivity index (χ0) is 24.5. The number of hydrogen-bond acceptors (Lipinski definition) is 7. The molecule has 1 N–H and O–H groups in total. The molecule has 176 valence electrons. The molecule has 0 saturated heterocycles. The SMILES string of the molecule is COc1ccc(C(=O)Oc2ccc(/C=N\NC(=O)COc3ccc(C)cc3C)cc2OC)cc1. The van der Waals surface area contributed by atoms with Crippen LogP contribution >= 0.6 is 0 Å². The van der Waals surface area contributed by atoms with Crippen molar-refractivity contribution in [2.75, 3.05) is 20.8 Å². The maximum absolute atomic E-state index is 12.4. The minimum atomic E-state index is -0.529. The van der Waals surface area contributed by atoms with Crippen LogP contribution in [0.4, 0.5) is 0 Å². The van der Waals surface area contributed by atoms with Crippen LogP contribution in [0.5, 0.6) is 23.0 Å². The van der Waals surface area contributed by atoms with Crippen molar-refractivity contribution in [3.8, 4) is 23.0 Å². The lowest BCUT2D eigenvalue weighted by atomic mass is 10.1. The summed E-state index contributed by atoms with van der Waals surface area (Å²) in [6.07, 6.45) is 1.45. The van der Waals surface area contributed by atoms with E-state index in [0.29, 0.717) is 28.4 Å². The molecule has 0 saturated carbocycles. The third-order valence-corrected chi connectivity index (χ3v) is 4.81. The normalized spacial score (nSPS) is 10.6. The molecule has 0 atom stereocenters. The highest BCUT2D eigenvalue weighted by molar-refractivity contribution is 5.92. The van der Waals surface area contributed by atoms with E-state index >= 15 is 0 Å². The minimum Gasteiger partial charge on any atom is -0.497 e. The number of benzene rings is 3. The summed E-state index contributed by atoms with van der Waals surface area (Å²) in [5.74, 6) is 0.962. The topological polar surface area (TPSA) is 95.5 Å². The summed E-state index contributed by atoms with van der Waals surface area (Å²) in [5, 5.41) is 3.94. The monoisotopic (exact) mass is 462 g/mol. The summed E-state index contributed by atoms with van der Waals surface area (Å²) in [7, 11) is 3.02. The Morgan fingerprint density at radius 1 is 0.882 bits per heavy atom. The third-order valence-electron chi connectivity index (χ3n) is 4.81. The van der Waals surface area contributed by atoms with E-state index in [2.05, 4.69) is 10.5 Å². The number of carbonyl (C=O) groups is 2. The average molecular weight is 463 g/mol. The van der Waals surface area contributed by atoms with Gasteiger partial charge in [-0.05, 0) is 73.5 Å². The smallest absolute Gasteiger partial charge is 0.343 e. The molecule has 0 unspecified atom stereocenters. The van der Waals surface area contributed by atoms with Gasteiger partial charge in [-0.15, -0.1) is 0 Å². The summed E-state index contributed by atoms with van der Waals surface area (Å²) in [4.78, 5) is 24.4. The molecule has 0 bridgehead atoms. The Balaban J connectivity index is 1.56. The molecule has 8 nitrogen and oxygen atoms in total. The van der Waals surface area contributed by atoms with Crippen LogP contribution in [-0.4, -0.2) is 38.9 Å². The number of nitrogens with zero attached hydrogens (tertiary/aromatic N) is 1. The zero-order valence-corrected chi connectivity index (χ0v) is 19.5. The van der Waals surface area contributed by atoms with Gasteiger partial charge in [0.2, 0.25) is 0 Å². The van der Waals surface area contributed by atoms with Gasteiger partial charge < -0.3 is 18.9 Å². The number of methoxy groups -OCH3 is 2. The number of esters is 1. The quantitative estimate of drug-likeness (QED) is 0.223. The van der Waals surface area contributed by atoms with Gasteiger partial charge in [-0.2, -0.15) is 5.10 Å². The van der Waals surface area contributed by atoms with Crippen molar-refractivity contribution in [3.63, 3.8) is 0 Å². The lowest BCUT2D eigenvalue weighted by Gasteiger charge is -2.10. The van der Waals surface area contributed by atoms with Gasteiger partial charge in [-0.25, -0.2) is 10.2 Å². The summed E-state index contributed by atoms with van der Waals surface area (Å²) >= 11 is 0.